The third-order valence-corrected chi connectivity index (χ3v) is 4.90. The third kappa shape index (κ3) is 4.03. The first kappa shape index (κ1) is 13.0. The standard InChI is InChI=1S/C13H15BrO2S/c14-11-3-1-2-10(6-11)8-17-9-13(4-5-13)7-12(15)16/h1-3,6H,4-5,7-9H2,(H,15,16). The van der Waals surface area contributed by atoms with Crippen LogP contribution >= 0.6 is 27.7 Å². The van der Waals surface area contributed by atoms with E-state index < -0.39 is 5.97 Å². The van der Waals surface area contributed by atoms with E-state index in [0.29, 0.717) is 6.42 Å². The largest absolute Gasteiger partial charge is 0.481 e. The van der Waals surface area contributed by atoms with E-state index in [0.717, 1.165) is 28.8 Å². The van der Waals surface area contributed by atoms with Gasteiger partial charge in [0.15, 0.2) is 0 Å². The Morgan fingerprint density at radius 3 is 2.82 bits per heavy atom. The number of carbonyl (C=O) groups is 1. The van der Waals surface area contributed by atoms with Crippen LogP contribution in [0.15, 0.2) is 28.7 Å². The predicted octanol–water partition coefficient (Wildman–Crippen LogP) is 3.94. The van der Waals surface area contributed by atoms with Gasteiger partial charge >= 0.3 is 5.97 Å². The van der Waals surface area contributed by atoms with Crippen LogP contribution in [-0.4, -0.2) is 16.8 Å². The molecule has 1 aliphatic carbocycles. The number of carboxylic acids is 1. The highest BCUT2D eigenvalue weighted by Crippen LogP contribution is 2.51. The maximum absolute atomic E-state index is 10.7. The van der Waals surface area contributed by atoms with Crippen LogP contribution in [0.25, 0.3) is 0 Å². The summed E-state index contributed by atoms with van der Waals surface area (Å²) in [4.78, 5) is 10.7. The lowest BCUT2D eigenvalue weighted by atomic mass is 10.1. The topological polar surface area (TPSA) is 37.3 Å². The molecule has 0 unspecified atom stereocenters. The molecule has 0 saturated heterocycles. The minimum Gasteiger partial charge on any atom is -0.481 e. The summed E-state index contributed by atoms with van der Waals surface area (Å²) in [5.41, 5.74) is 1.39. The van der Waals surface area contributed by atoms with Gasteiger partial charge in [-0.25, -0.2) is 0 Å². The highest BCUT2D eigenvalue weighted by atomic mass is 79.9. The van der Waals surface area contributed by atoms with Gasteiger partial charge in [0, 0.05) is 10.2 Å². The Bertz CT molecular complexity index is 416. The molecule has 2 nitrogen and oxygen atoms in total. The molecule has 2 rings (SSSR count). The average Bonchev–Trinajstić information content (AvgIpc) is 2.97. The summed E-state index contributed by atoms with van der Waals surface area (Å²) in [7, 11) is 0. The Morgan fingerprint density at radius 1 is 1.47 bits per heavy atom. The van der Waals surface area contributed by atoms with E-state index in [9.17, 15) is 4.79 Å². The minimum atomic E-state index is -0.662. The number of benzene rings is 1. The number of halogens is 1. The molecule has 0 atom stereocenters. The van der Waals surface area contributed by atoms with Crippen molar-refractivity contribution in [2.75, 3.05) is 5.75 Å². The van der Waals surface area contributed by atoms with E-state index >= 15 is 0 Å². The molecular weight excluding hydrogens is 300 g/mol. The second-order valence-corrected chi connectivity index (χ2v) is 6.59. The molecule has 1 aromatic rings. The molecule has 0 heterocycles. The molecule has 4 heteroatoms. The van der Waals surface area contributed by atoms with Crippen LogP contribution in [0.2, 0.25) is 0 Å². The summed E-state index contributed by atoms with van der Waals surface area (Å²) in [5.74, 6) is 1.26. The summed E-state index contributed by atoms with van der Waals surface area (Å²) in [6, 6.07) is 8.27. The van der Waals surface area contributed by atoms with Crippen molar-refractivity contribution in [2.45, 2.75) is 25.0 Å². The van der Waals surface area contributed by atoms with Crippen molar-refractivity contribution in [2.24, 2.45) is 5.41 Å². The van der Waals surface area contributed by atoms with Gasteiger partial charge in [0.2, 0.25) is 0 Å². The van der Waals surface area contributed by atoms with Crippen LogP contribution in [0.1, 0.15) is 24.8 Å². The molecule has 17 heavy (non-hydrogen) atoms. The molecular formula is C13H15BrO2S. The van der Waals surface area contributed by atoms with Gasteiger partial charge < -0.3 is 5.11 Å². The highest BCUT2D eigenvalue weighted by Gasteiger charge is 2.43. The van der Waals surface area contributed by atoms with E-state index in [4.69, 9.17) is 5.11 Å². The van der Waals surface area contributed by atoms with Crippen molar-refractivity contribution in [1.29, 1.82) is 0 Å². The van der Waals surface area contributed by atoms with E-state index in [1.165, 1.54) is 5.56 Å². The van der Waals surface area contributed by atoms with E-state index in [1.54, 1.807) is 0 Å². The lowest BCUT2D eigenvalue weighted by molar-refractivity contribution is -0.138. The van der Waals surface area contributed by atoms with Gasteiger partial charge in [-0.2, -0.15) is 11.8 Å². The molecule has 1 N–H and O–H groups in total. The van der Waals surface area contributed by atoms with E-state index in [1.807, 2.05) is 23.9 Å². The lowest BCUT2D eigenvalue weighted by Gasteiger charge is -2.11. The number of hydrogen-bond donors (Lipinski definition) is 1. The average molecular weight is 315 g/mol. The Labute approximate surface area is 114 Å². The molecule has 0 aromatic heterocycles. The van der Waals surface area contributed by atoms with Crippen molar-refractivity contribution in [3.63, 3.8) is 0 Å². The van der Waals surface area contributed by atoms with Gasteiger partial charge in [0.25, 0.3) is 0 Å². The molecule has 1 aromatic carbocycles. The zero-order chi connectivity index (χ0) is 12.3. The fourth-order valence-corrected chi connectivity index (χ4v) is 3.67. The maximum atomic E-state index is 10.7. The van der Waals surface area contributed by atoms with Crippen molar-refractivity contribution < 1.29 is 9.90 Å². The summed E-state index contributed by atoms with van der Waals surface area (Å²) in [6.07, 6.45) is 2.48. The van der Waals surface area contributed by atoms with Crippen LogP contribution in [0, 0.1) is 5.41 Å². The monoisotopic (exact) mass is 314 g/mol. The molecule has 0 bridgehead atoms. The van der Waals surface area contributed by atoms with E-state index in [-0.39, 0.29) is 5.41 Å². The predicted molar refractivity (Wildman–Crippen MR) is 74.2 cm³/mol. The Morgan fingerprint density at radius 2 is 2.24 bits per heavy atom. The maximum Gasteiger partial charge on any atom is 0.303 e. The quantitative estimate of drug-likeness (QED) is 0.864. The first-order valence-electron chi connectivity index (χ1n) is 5.64. The zero-order valence-corrected chi connectivity index (χ0v) is 11.9. The highest BCUT2D eigenvalue weighted by molar-refractivity contribution is 9.10. The van der Waals surface area contributed by atoms with Crippen LogP contribution < -0.4 is 0 Å². The second kappa shape index (κ2) is 5.44. The fraction of sp³-hybridized carbons (Fsp3) is 0.462. The molecule has 92 valence electrons. The normalized spacial score (nSPS) is 16.8. The van der Waals surface area contributed by atoms with Crippen LogP contribution in [0.4, 0.5) is 0 Å². The van der Waals surface area contributed by atoms with Crippen LogP contribution in [0.5, 0.6) is 0 Å². The number of thioether (sulfide) groups is 1. The smallest absolute Gasteiger partial charge is 0.303 e. The van der Waals surface area contributed by atoms with Crippen LogP contribution in [0.3, 0.4) is 0 Å². The van der Waals surface area contributed by atoms with Gasteiger partial charge in [-0.3, -0.25) is 4.79 Å². The number of carboxylic acid groups (broad SMARTS) is 1. The van der Waals surface area contributed by atoms with Crippen molar-refractivity contribution >= 4 is 33.7 Å². The first-order valence-corrected chi connectivity index (χ1v) is 7.58. The number of hydrogen-bond acceptors (Lipinski definition) is 2. The summed E-state index contributed by atoms with van der Waals surface area (Å²) in [6.45, 7) is 0. The van der Waals surface area contributed by atoms with Gasteiger partial charge in [-0.05, 0) is 41.7 Å². The summed E-state index contributed by atoms with van der Waals surface area (Å²) >= 11 is 5.29. The Hall–Kier alpha value is -0.480. The molecule has 1 fully saturated rings. The molecule has 0 amide bonds. The fourth-order valence-electron chi connectivity index (χ4n) is 1.88. The third-order valence-electron chi connectivity index (χ3n) is 3.05. The molecule has 1 aliphatic rings. The number of aliphatic carboxylic acids is 1. The van der Waals surface area contributed by atoms with Gasteiger partial charge in [0.1, 0.15) is 0 Å². The molecule has 0 spiro atoms. The zero-order valence-electron chi connectivity index (χ0n) is 9.49. The summed E-state index contributed by atoms with van der Waals surface area (Å²) < 4.78 is 1.10. The van der Waals surface area contributed by atoms with E-state index in [2.05, 4.69) is 28.1 Å². The van der Waals surface area contributed by atoms with Gasteiger partial charge in [-0.15, -0.1) is 0 Å². The van der Waals surface area contributed by atoms with Crippen molar-refractivity contribution in [1.82, 2.24) is 0 Å². The van der Waals surface area contributed by atoms with Crippen LogP contribution in [-0.2, 0) is 10.5 Å². The molecule has 0 radical (unpaired) electrons. The van der Waals surface area contributed by atoms with Gasteiger partial charge in [-0.1, -0.05) is 28.1 Å². The first-order chi connectivity index (χ1) is 8.10. The minimum absolute atomic E-state index is 0.0997. The molecule has 0 aliphatic heterocycles. The van der Waals surface area contributed by atoms with Crippen molar-refractivity contribution in [3.8, 4) is 0 Å². The lowest BCUT2D eigenvalue weighted by Crippen LogP contribution is -2.11. The Kier molecular flexibility index (Phi) is 4.15. The van der Waals surface area contributed by atoms with Crippen molar-refractivity contribution in [3.05, 3.63) is 34.3 Å². The SMILES string of the molecule is O=C(O)CC1(CSCc2cccc(Br)c2)CC1. The number of rotatable bonds is 6. The Balaban J connectivity index is 1.78. The molecule has 1 saturated carbocycles. The summed E-state index contributed by atoms with van der Waals surface area (Å²) in [5, 5.41) is 8.83. The van der Waals surface area contributed by atoms with Gasteiger partial charge in [0.05, 0.1) is 6.42 Å². The second-order valence-electron chi connectivity index (χ2n) is 4.69.